The first-order valence-electron chi connectivity index (χ1n) is 6.15. The third-order valence-electron chi connectivity index (χ3n) is 3.08. The van der Waals surface area contributed by atoms with Gasteiger partial charge < -0.3 is 10.1 Å². The Labute approximate surface area is 88.4 Å². The molecule has 2 atom stereocenters. The van der Waals surface area contributed by atoms with Crippen molar-refractivity contribution >= 4 is 0 Å². The fourth-order valence-corrected chi connectivity index (χ4v) is 2.16. The van der Waals surface area contributed by atoms with Crippen molar-refractivity contribution in [2.75, 3.05) is 19.8 Å². The van der Waals surface area contributed by atoms with Crippen LogP contribution in [0.3, 0.4) is 0 Å². The van der Waals surface area contributed by atoms with E-state index in [0.29, 0.717) is 0 Å². The molecule has 1 rings (SSSR count). The second kappa shape index (κ2) is 7.24. The molecule has 1 N–H and O–H groups in total. The molecule has 2 unspecified atom stereocenters. The lowest BCUT2D eigenvalue weighted by Gasteiger charge is -2.16. The highest BCUT2D eigenvalue weighted by molar-refractivity contribution is 4.79. The topological polar surface area (TPSA) is 21.3 Å². The molecule has 0 bridgehead atoms. The maximum atomic E-state index is 5.43. The van der Waals surface area contributed by atoms with Crippen molar-refractivity contribution in [2.24, 2.45) is 5.92 Å². The monoisotopic (exact) mass is 199 g/mol. The quantitative estimate of drug-likeness (QED) is 0.636. The Morgan fingerprint density at radius 2 is 2.14 bits per heavy atom. The Balaban J connectivity index is 1.88. The first-order chi connectivity index (χ1) is 6.84. The molecule has 2 heteroatoms. The highest BCUT2D eigenvalue weighted by atomic mass is 16.5. The van der Waals surface area contributed by atoms with Crippen LogP contribution in [-0.4, -0.2) is 25.8 Å². The van der Waals surface area contributed by atoms with Crippen LogP contribution in [0.15, 0.2) is 0 Å². The van der Waals surface area contributed by atoms with E-state index in [1.165, 1.54) is 19.3 Å². The van der Waals surface area contributed by atoms with Gasteiger partial charge in [0, 0.05) is 19.3 Å². The number of nitrogens with one attached hydrogen (secondary N) is 1. The molecule has 0 saturated heterocycles. The summed E-state index contributed by atoms with van der Waals surface area (Å²) in [6.45, 7) is 7.47. The van der Waals surface area contributed by atoms with Gasteiger partial charge in [-0.15, -0.1) is 0 Å². The van der Waals surface area contributed by atoms with Crippen molar-refractivity contribution in [1.29, 1.82) is 0 Å². The fourth-order valence-electron chi connectivity index (χ4n) is 2.16. The number of rotatable bonds is 7. The smallest absolute Gasteiger partial charge is 0.0478 e. The molecule has 84 valence electrons. The molecule has 1 fully saturated rings. The number of hydrogen-bond acceptors (Lipinski definition) is 2. The van der Waals surface area contributed by atoms with Crippen LogP contribution < -0.4 is 5.32 Å². The Morgan fingerprint density at radius 1 is 1.29 bits per heavy atom. The van der Waals surface area contributed by atoms with E-state index in [4.69, 9.17) is 4.74 Å². The Kier molecular flexibility index (Phi) is 6.20. The highest BCUT2D eigenvalue weighted by Crippen LogP contribution is 2.24. The normalized spacial score (nSPS) is 27.0. The summed E-state index contributed by atoms with van der Waals surface area (Å²) in [6.07, 6.45) is 6.47. The molecule has 0 aromatic carbocycles. The van der Waals surface area contributed by atoms with E-state index in [9.17, 15) is 0 Å². The van der Waals surface area contributed by atoms with E-state index in [1.54, 1.807) is 0 Å². The first-order valence-corrected chi connectivity index (χ1v) is 6.15. The summed E-state index contributed by atoms with van der Waals surface area (Å²) in [4.78, 5) is 0. The van der Waals surface area contributed by atoms with Crippen LogP contribution >= 0.6 is 0 Å². The van der Waals surface area contributed by atoms with Crippen LogP contribution in [0.25, 0.3) is 0 Å². The Morgan fingerprint density at radius 3 is 2.79 bits per heavy atom. The predicted octanol–water partition coefficient (Wildman–Crippen LogP) is 2.58. The molecule has 0 aliphatic heterocycles. The van der Waals surface area contributed by atoms with E-state index in [0.717, 1.165) is 44.6 Å². The molecular weight excluding hydrogens is 174 g/mol. The van der Waals surface area contributed by atoms with Gasteiger partial charge in [0.1, 0.15) is 0 Å². The molecule has 0 heterocycles. The summed E-state index contributed by atoms with van der Waals surface area (Å²) in [5, 5.41) is 3.63. The van der Waals surface area contributed by atoms with Crippen molar-refractivity contribution in [3.05, 3.63) is 0 Å². The van der Waals surface area contributed by atoms with Crippen molar-refractivity contribution in [3.8, 4) is 0 Å². The van der Waals surface area contributed by atoms with Crippen molar-refractivity contribution < 1.29 is 4.74 Å². The third-order valence-corrected chi connectivity index (χ3v) is 3.08. The zero-order valence-corrected chi connectivity index (χ0v) is 9.72. The highest BCUT2D eigenvalue weighted by Gasteiger charge is 2.21. The third kappa shape index (κ3) is 4.43. The minimum absolute atomic E-state index is 0.779. The second-order valence-electron chi connectivity index (χ2n) is 4.43. The summed E-state index contributed by atoms with van der Waals surface area (Å²) >= 11 is 0. The lowest BCUT2D eigenvalue weighted by Crippen LogP contribution is -2.32. The molecule has 2 nitrogen and oxygen atoms in total. The summed E-state index contributed by atoms with van der Waals surface area (Å²) < 4.78 is 5.43. The van der Waals surface area contributed by atoms with Gasteiger partial charge in [0.05, 0.1) is 0 Å². The van der Waals surface area contributed by atoms with Gasteiger partial charge in [-0.1, -0.05) is 20.3 Å². The zero-order valence-electron chi connectivity index (χ0n) is 9.72. The van der Waals surface area contributed by atoms with Crippen LogP contribution in [0.4, 0.5) is 0 Å². The van der Waals surface area contributed by atoms with Gasteiger partial charge in [-0.3, -0.25) is 0 Å². The summed E-state index contributed by atoms with van der Waals surface area (Å²) in [5.74, 6) is 0.881. The van der Waals surface area contributed by atoms with Crippen LogP contribution in [0.2, 0.25) is 0 Å². The maximum absolute atomic E-state index is 5.43. The van der Waals surface area contributed by atoms with Crippen LogP contribution in [-0.2, 0) is 4.74 Å². The predicted molar refractivity (Wildman–Crippen MR) is 60.5 cm³/mol. The van der Waals surface area contributed by atoms with Gasteiger partial charge in [-0.25, -0.2) is 0 Å². The fraction of sp³-hybridized carbons (Fsp3) is 1.00. The average Bonchev–Trinajstić information content (AvgIpc) is 2.58. The lowest BCUT2D eigenvalue weighted by molar-refractivity contribution is 0.131. The summed E-state index contributed by atoms with van der Waals surface area (Å²) in [7, 11) is 0. The van der Waals surface area contributed by atoms with E-state index < -0.39 is 0 Å². The van der Waals surface area contributed by atoms with Crippen molar-refractivity contribution in [1.82, 2.24) is 5.32 Å². The molecule has 1 aliphatic carbocycles. The van der Waals surface area contributed by atoms with Gasteiger partial charge >= 0.3 is 0 Å². The van der Waals surface area contributed by atoms with Gasteiger partial charge in [-0.05, 0) is 38.1 Å². The van der Waals surface area contributed by atoms with Crippen LogP contribution in [0.1, 0.15) is 46.0 Å². The van der Waals surface area contributed by atoms with Gasteiger partial charge in [0.2, 0.25) is 0 Å². The molecule has 1 aliphatic rings. The number of ether oxygens (including phenoxy) is 1. The van der Waals surface area contributed by atoms with Gasteiger partial charge in [0.15, 0.2) is 0 Å². The van der Waals surface area contributed by atoms with Crippen molar-refractivity contribution in [3.63, 3.8) is 0 Å². The molecule has 1 saturated carbocycles. The summed E-state index contributed by atoms with van der Waals surface area (Å²) in [6, 6.07) is 0.779. The zero-order chi connectivity index (χ0) is 10.2. The Bertz CT molecular complexity index is 138. The first kappa shape index (κ1) is 12.0. The van der Waals surface area contributed by atoms with Gasteiger partial charge in [0.25, 0.3) is 0 Å². The second-order valence-corrected chi connectivity index (χ2v) is 4.43. The van der Waals surface area contributed by atoms with E-state index in [-0.39, 0.29) is 0 Å². The molecule has 0 amide bonds. The molecule has 0 radical (unpaired) electrons. The van der Waals surface area contributed by atoms with E-state index in [1.807, 2.05) is 0 Å². The largest absolute Gasteiger partial charge is 0.381 e. The maximum Gasteiger partial charge on any atom is 0.0478 e. The standard InChI is InChI=1S/C12H25NO/c1-3-9-14-10-5-8-13-12-7-4-6-11(12)2/h11-13H,3-10H2,1-2H3. The minimum Gasteiger partial charge on any atom is -0.381 e. The number of hydrogen-bond donors (Lipinski definition) is 1. The molecule has 0 aromatic heterocycles. The molecule has 0 aromatic rings. The van der Waals surface area contributed by atoms with Gasteiger partial charge in [-0.2, -0.15) is 0 Å². The molecule has 14 heavy (non-hydrogen) atoms. The molecular formula is C12H25NO. The van der Waals surface area contributed by atoms with E-state index in [2.05, 4.69) is 19.2 Å². The SMILES string of the molecule is CCCOCCCNC1CCCC1C. The van der Waals surface area contributed by atoms with Crippen LogP contribution in [0, 0.1) is 5.92 Å². The Hall–Kier alpha value is -0.0800. The minimum atomic E-state index is 0.779. The average molecular weight is 199 g/mol. The van der Waals surface area contributed by atoms with E-state index >= 15 is 0 Å². The molecule has 0 spiro atoms. The van der Waals surface area contributed by atoms with Crippen molar-refractivity contribution in [2.45, 2.75) is 52.0 Å². The summed E-state index contributed by atoms with van der Waals surface area (Å²) in [5.41, 5.74) is 0. The lowest BCUT2D eigenvalue weighted by atomic mass is 10.1. The van der Waals surface area contributed by atoms with Crippen LogP contribution in [0.5, 0.6) is 0 Å².